The van der Waals surface area contributed by atoms with Crippen LogP contribution in [0.15, 0.2) is 58.3 Å². The Morgan fingerprint density at radius 2 is 1.74 bits per heavy atom. The maximum absolute atomic E-state index is 12.9. The number of nitrogens with zero attached hydrogens (tertiary/aromatic N) is 1. The van der Waals surface area contributed by atoms with Gasteiger partial charge in [0.1, 0.15) is 5.75 Å². The summed E-state index contributed by atoms with van der Waals surface area (Å²) in [6.07, 6.45) is 2.99. The number of hydrogen-bond donors (Lipinski definition) is 0. The van der Waals surface area contributed by atoms with Crippen molar-refractivity contribution < 1.29 is 45.9 Å². The van der Waals surface area contributed by atoms with Gasteiger partial charge in [0.05, 0.1) is 16.9 Å². The van der Waals surface area contributed by atoms with Crippen LogP contribution < -0.4 is 4.74 Å². The van der Waals surface area contributed by atoms with E-state index in [0.717, 1.165) is 5.52 Å². The second kappa shape index (κ2) is 7.60. The fraction of sp³-hybridized carbons (Fsp3) is 0.118. The molecule has 0 spiro atoms. The number of methoxy groups -OCH3 is 1. The average molecular weight is 404 g/mol. The molecule has 0 bridgehead atoms. The van der Waals surface area contributed by atoms with Crippen LogP contribution in [0.3, 0.4) is 0 Å². The van der Waals surface area contributed by atoms with Crippen LogP contribution in [-0.2, 0) is 49.6 Å². The molecule has 1 radical (unpaired) electrons. The number of rotatable bonds is 3. The molecule has 119 valence electrons. The largest absolute Gasteiger partial charge is 0.497 e. The molecule has 3 aromatic rings. The number of aromatic nitrogens is 1. The number of sulfone groups is 1. The van der Waals surface area contributed by atoms with E-state index in [1.54, 1.807) is 47.0 Å². The maximum atomic E-state index is 12.9. The van der Waals surface area contributed by atoms with Crippen LogP contribution in [0.4, 0.5) is 0 Å². The molecule has 0 aliphatic heterocycles. The zero-order valence-electron chi connectivity index (χ0n) is 13.3. The monoisotopic (exact) mass is 404 g/mol. The summed E-state index contributed by atoms with van der Waals surface area (Å²) >= 11 is 0. The van der Waals surface area contributed by atoms with Gasteiger partial charge in [-0.25, -0.2) is 8.42 Å². The van der Waals surface area contributed by atoms with E-state index in [0.29, 0.717) is 11.1 Å². The third-order valence-corrected chi connectivity index (χ3v) is 5.29. The van der Waals surface area contributed by atoms with Gasteiger partial charge in [0.2, 0.25) is 0 Å². The van der Waals surface area contributed by atoms with Crippen molar-refractivity contribution in [2.75, 3.05) is 7.11 Å². The van der Waals surface area contributed by atoms with Crippen LogP contribution in [0.1, 0.15) is 0 Å². The summed E-state index contributed by atoms with van der Waals surface area (Å²) in [7, 11) is -0.356. The number of aryl methyl sites for hydroxylation is 1. The molecule has 0 N–H and O–H groups in total. The predicted molar refractivity (Wildman–Crippen MR) is 86.6 cm³/mol. The Hall–Kier alpha value is -1.17. The van der Waals surface area contributed by atoms with E-state index in [-0.39, 0.29) is 49.9 Å². The summed E-state index contributed by atoms with van der Waals surface area (Å²) in [4.78, 5) is 0.435. The summed E-state index contributed by atoms with van der Waals surface area (Å²) in [5.74, 6) is 0.339. The van der Waals surface area contributed by atoms with E-state index in [1.807, 2.05) is 13.1 Å². The molecule has 0 aliphatic rings. The molecule has 2 aromatic carbocycles. The van der Waals surface area contributed by atoms with Crippen molar-refractivity contribution >= 4 is 20.7 Å². The van der Waals surface area contributed by atoms with Crippen LogP contribution >= 0.6 is 0 Å². The van der Waals surface area contributed by atoms with E-state index < -0.39 is 9.84 Å². The Morgan fingerprint density at radius 1 is 1.09 bits per heavy atom. The molecule has 0 saturated heterocycles. The van der Waals surface area contributed by atoms with E-state index in [1.165, 1.54) is 7.11 Å². The van der Waals surface area contributed by atoms with E-state index in [2.05, 4.69) is 6.20 Å². The molecule has 3 rings (SSSR count). The van der Waals surface area contributed by atoms with Gasteiger partial charge >= 0.3 is 0 Å². The first kappa shape index (κ1) is 19.9. The van der Waals surface area contributed by atoms with Crippen LogP contribution in [0.25, 0.3) is 10.9 Å². The minimum absolute atomic E-state index is 0. The van der Waals surface area contributed by atoms with Crippen molar-refractivity contribution in [2.45, 2.75) is 9.79 Å². The number of fused-ring (bicyclic) bond motifs is 1. The van der Waals surface area contributed by atoms with Gasteiger partial charge in [-0.2, -0.15) is 6.07 Å². The first-order valence-electron chi connectivity index (χ1n) is 6.40. The van der Waals surface area contributed by atoms with Gasteiger partial charge in [0, 0.05) is 32.7 Å². The summed E-state index contributed by atoms with van der Waals surface area (Å²) in [5, 5.41) is 0.612. The topological polar surface area (TPSA) is 48.3 Å². The van der Waals surface area contributed by atoms with Gasteiger partial charge in [0.15, 0.2) is 9.84 Å². The molecule has 0 atom stereocenters. The van der Waals surface area contributed by atoms with E-state index in [9.17, 15) is 8.42 Å². The molecule has 0 saturated carbocycles. The normalized spacial score (nSPS) is 10.7. The minimum Gasteiger partial charge on any atom is -0.497 e. The first-order chi connectivity index (χ1) is 10.1. The first-order valence-corrected chi connectivity index (χ1v) is 7.88. The van der Waals surface area contributed by atoms with E-state index >= 15 is 0 Å². The molecule has 6 heteroatoms. The van der Waals surface area contributed by atoms with Crippen molar-refractivity contribution in [1.82, 2.24) is 4.57 Å². The van der Waals surface area contributed by atoms with Crippen molar-refractivity contribution in [3.63, 3.8) is 0 Å². The Morgan fingerprint density at radius 3 is 2.35 bits per heavy atom. The fourth-order valence-electron chi connectivity index (χ4n) is 2.39. The predicted octanol–water partition coefficient (Wildman–Crippen LogP) is 3.27. The van der Waals surface area contributed by atoms with Gasteiger partial charge in [-0.3, -0.25) is 0 Å². The van der Waals surface area contributed by atoms with Gasteiger partial charge in [-0.1, -0.05) is 18.2 Å². The Bertz CT molecular complexity index is 902. The zero-order valence-corrected chi connectivity index (χ0v) is 16.9. The van der Waals surface area contributed by atoms with Crippen LogP contribution in [0.5, 0.6) is 5.75 Å². The Balaban J connectivity index is 0.00000132. The molecule has 0 fully saturated rings. The number of benzene rings is 2. The van der Waals surface area contributed by atoms with Gasteiger partial charge in [-0.05, 0) is 25.2 Å². The number of hydrogen-bond acceptors (Lipinski definition) is 3. The molecule has 0 amide bonds. The molecule has 23 heavy (non-hydrogen) atoms. The molecule has 1 aromatic heterocycles. The number of ether oxygens (including phenoxy) is 1. The maximum Gasteiger partial charge on any atom is 0.198 e. The van der Waals surface area contributed by atoms with Gasteiger partial charge in [0.25, 0.3) is 0 Å². The summed E-state index contributed by atoms with van der Waals surface area (Å²) < 4.78 is 32.9. The smallest absolute Gasteiger partial charge is 0.198 e. The average Bonchev–Trinajstić information content (AvgIpc) is 2.88. The summed E-state index contributed by atoms with van der Waals surface area (Å²) in [5.41, 5.74) is 0.797. The van der Waals surface area contributed by atoms with Crippen molar-refractivity contribution in [3.8, 4) is 5.75 Å². The summed E-state index contributed by atoms with van der Waals surface area (Å²) in [6.45, 7) is 0. The summed E-state index contributed by atoms with van der Waals surface area (Å²) in [6, 6.07) is 13.5. The van der Waals surface area contributed by atoms with E-state index in [4.69, 9.17) is 4.74 Å². The Labute approximate surface area is 162 Å². The third kappa shape index (κ3) is 3.37. The van der Waals surface area contributed by atoms with Crippen molar-refractivity contribution in [3.05, 3.63) is 62.2 Å². The quantitative estimate of drug-likeness (QED) is 0.630. The molecular weight excluding hydrogens is 387 g/mol. The SMILES string of the molecule is COc1ccc2c(c[c-]n2C)c1S(=O)(=O)c1ccccc1.[CH3-].[Y]. The molecule has 1 heterocycles. The minimum atomic E-state index is -3.65. The van der Waals surface area contributed by atoms with Crippen molar-refractivity contribution in [2.24, 2.45) is 7.05 Å². The molecular formula is C17H17NO3SY-2. The standard InChI is InChI=1S/C16H14NO3S.CH3.Y/c1-17-11-10-13-14(17)8-9-15(20-2)16(13)21(18,19)12-6-4-3-5-7-12;;/h3-10H,1-2H3;1H3;/q2*-1;. The van der Waals surface area contributed by atoms with Crippen molar-refractivity contribution in [1.29, 1.82) is 0 Å². The second-order valence-electron chi connectivity index (χ2n) is 4.68. The van der Waals surface area contributed by atoms with Crippen LogP contribution in [-0.4, -0.2) is 20.1 Å². The third-order valence-electron chi connectivity index (χ3n) is 3.44. The van der Waals surface area contributed by atoms with Gasteiger partial charge in [-0.15, -0.1) is 23.2 Å². The fourth-order valence-corrected chi connectivity index (χ4v) is 4.01. The zero-order chi connectivity index (χ0) is 15.0. The molecule has 0 unspecified atom stereocenters. The Kier molecular flexibility index (Phi) is 6.57. The molecule has 4 nitrogen and oxygen atoms in total. The second-order valence-corrected chi connectivity index (χ2v) is 6.57. The van der Waals surface area contributed by atoms with Crippen LogP contribution in [0, 0.1) is 13.6 Å². The molecule has 0 aliphatic carbocycles. The van der Waals surface area contributed by atoms with Crippen LogP contribution in [0.2, 0.25) is 0 Å². The van der Waals surface area contributed by atoms with Gasteiger partial charge < -0.3 is 16.7 Å².